The number of ether oxygens (including phenoxy) is 1. The van der Waals surface area contributed by atoms with Gasteiger partial charge in [-0.15, -0.1) is 0 Å². The Bertz CT molecular complexity index is 535. The Labute approximate surface area is 107 Å². The molecule has 1 amide bonds. The molecule has 0 radical (unpaired) electrons. The number of para-hydroxylation sites is 1. The number of nitrogens with zero attached hydrogens (tertiary/aromatic N) is 1. The Balaban J connectivity index is 2.20. The van der Waals surface area contributed by atoms with E-state index < -0.39 is 0 Å². The fourth-order valence-electron chi connectivity index (χ4n) is 1.58. The molecular formula is C15H15NO2. The van der Waals surface area contributed by atoms with Crippen LogP contribution in [0.5, 0.6) is 11.5 Å². The number of amides is 1. The van der Waals surface area contributed by atoms with Crippen molar-refractivity contribution in [2.24, 2.45) is 0 Å². The van der Waals surface area contributed by atoms with Crippen molar-refractivity contribution in [1.82, 2.24) is 4.90 Å². The van der Waals surface area contributed by atoms with Gasteiger partial charge in [0.2, 0.25) is 0 Å². The number of benzene rings is 2. The molecular weight excluding hydrogens is 226 g/mol. The fraction of sp³-hybridized carbons (Fsp3) is 0.133. The third-order valence-electron chi connectivity index (χ3n) is 2.47. The Hall–Kier alpha value is -2.29. The Morgan fingerprint density at radius 3 is 2.28 bits per heavy atom. The first-order chi connectivity index (χ1) is 8.66. The molecule has 0 bridgehead atoms. The van der Waals surface area contributed by atoms with Crippen LogP contribution >= 0.6 is 0 Å². The van der Waals surface area contributed by atoms with E-state index in [9.17, 15) is 4.79 Å². The van der Waals surface area contributed by atoms with E-state index in [1.807, 2.05) is 42.5 Å². The van der Waals surface area contributed by atoms with Crippen LogP contribution in [0.4, 0.5) is 0 Å². The van der Waals surface area contributed by atoms with Gasteiger partial charge in [-0.3, -0.25) is 4.79 Å². The molecule has 0 saturated heterocycles. The van der Waals surface area contributed by atoms with Crippen LogP contribution in [0.1, 0.15) is 10.4 Å². The summed E-state index contributed by atoms with van der Waals surface area (Å²) in [7, 11) is 3.46. The summed E-state index contributed by atoms with van der Waals surface area (Å²) in [4.78, 5) is 13.4. The van der Waals surface area contributed by atoms with Crippen molar-refractivity contribution in [3.63, 3.8) is 0 Å². The van der Waals surface area contributed by atoms with Crippen LogP contribution in [-0.2, 0) is 0 Å². The summed E-state index contributed by atoms with van der Waals surface area (Å²) >= 11 is 0. The standard InChI is InChI=1S/C15H15NO2/c1-16(2)15(17)12-7-6-10-14(11-12)18-13-8-4-3-5-9-13/h3-11H,1-2H3. The molecule has 0 saturated carbocycles. The minimum atomic E-state index is -0.0338. The van der Waals surface area contributed by atoms with Gasteiger partial charge in [-0.25, -0.2) is 0 Å². The fourth-order valence-corrected chi connectivity index (χ4v) is 1.58. The van der Waals surface area contributed by atoms with Crippen LogP contribution < -0.4 is 4.74 Å². The molecule has 0 aromatic heterocycles. The van der Waals surface area contributed by atoms with Crippen LogP contribution in [-0.4, -0.2) is 24.9 Å². The number of hydrogen-bond donors (Lipinski definition) is 0. The number of hydrogen-bond acceptors (Lipinski definition) is 2. The maximum Gasteiger partial charge on any atom is 0.253 e. The summed E-state index contributed by atoms with van der Waals surface area (Å²) in [5, 5.41) is 0. The van der Waals surface area contributed by atoms with E-state index in [-0.39, 0.29) is 5.91 Å². The maximum atomic E-state index is 11.8. The smallest absolute Gasteiger partial charge is 0.253 e. The van der Waals surface area contributed by atoms with E-state index in [2.05, 4.69) is 0 Å². The molecule has 0 spiro atoms. The van der Waals surface area contributed by atoms with Crippen molar-refractivity contribution in [1.29, 1.82) is 0 Å². The summed E-state index contributed by atoms with van der Waals surface area (Å²) in [6.45, 7) is 0. The van der Waals surface area contributed by atoms with Gasteiger partial charge < -0.3 is 9.64 Å². The first kappa shape index (κ1) is 12.2. The molecule has 0 aliphatic rings. The summed E-state index contributed by atoms with van der Waals surface area (Å²) in [5.41, 5.74) is 0.619. The second-order valence-corrected chi connectivity index (χ2v) is 4.14. The minimum absolute atomic E-state index is 0.0338. The molecule has 2 aromatic rings. The second-order valence-electron chi connectivity index (χ2n) is 4.14. The lowest BCUT2D eigenvalue weighted by Crippen LogP contribution is -2.21. The number of carbonyl (C=O) groups is 1. The highest BCUT2D eigenvalue weighted by molar-refractivity contribution is 5.94. The summed E-state index contributed by atoms with van der Waals surface area (Å²) in [6.07, 6.45) is 0. The van der Waals surface area contributed by atoms with Crippen molar-refractivity contribution < 1.29 is 9.53 Å². The van der Waals surface area contributed by atoms with Crippen molar-refractivity contribution in [3.05, 3.63) is 60.2 Å². The lowest BCUT2D eigenvalue weighted by Gasteiger charge is -2.11. The normalized spacial score (nSPS) is 9.89. The Morgan fingerprint density at radius 2 is 1.61 bits per heavy atom. The predicted octanol–water partition coefficient (Wildman–Crippen LogP) is 3.18. The average Bonchev–Trinajstić information content (AvgIpc) is 2.39. The van der Waals surface area contributed by atoms with E-state index in [0.717, 1.165) is 5.75 Å². The number of rotatable bonds is 3. The molecule has 92 valence electrons. The average molecular weight is 241 g/mol. The van der Waals surface area contributed by atoms with Gasteiger partial charge in [-0.1, -0.05) is 24.3 Å². The van der Waals surface area contributed by atoms with E-state index in [1.54, 1.807) is 31.1 Å². The van der Waals surface area contributed by atoms with Gasteiger partial charge >= 0.3 is 0 Å². The van der Waals surface area contributed by atoms with Gasteiger partial charge in [-0.05, 0) is 30.3 Å². The quantitative estimate of drug-likeness (QED) is 0.826. The van der Waals surface area contributed by atoms with Crippen LogP contribution in [0.25, 0.3) is 0 Å². The highest BCUT2D eigenvalue weighted by Crippen LogP contribution is 2.22. The molecule has 3 heteroatoms. The topological polar surface area (TPSA) is 29.5 Å². The largest absolute Gasteiger partial charge is 0.457 e. The van der Waals surface area contributed by atoms with E-state index in [4.69, 9.17) is 4.74 Å². The predicted molar refractivity (Wildman–Crippen MR) is 71.0 cm³/mol. The van der Waals surface area contributed by atoms with Gasteiger partial charge in [0.15, 0.2) is 0 Å². The summed E-state index contributed by atoms with van der Waals surface area (Å²) < 4.78 is 5.68. The minimum Gasteiger partial charge on any atom is -0.457 e. The summed E-state index contributed by atoms with van der Waals surface area (Å²) in [5.74, 6) is 1.38. The monoisotopic (exact) mass is 241 g/mol. The van der Waals surface area contributed by atoms with E-state index in [0.29, 0.717) is 11.3 Å². The molecule has 0 fully saturated rings. The van der Waals surface area contributed by atoms with Crippen molar-refractivity contribution >= 4 is 5.91 Å². The third-order valence-corrected chi connectivity index (χ3v) is 2.47. The Morgan fingerprint density at radius 1 is 0.944 bits per heavy atom. The van der Waals surface area contributed by atoms with Gasteiger partial charge in [0.25, 0.3) is 5.91 Å². The highest BCUT2D eigenvalue weighted by atomic mass is 16.5. The van der Waals surface area contributed by atoms with Gasteiger partial charge in [0.1, 0.15) is 11.5 Å². The molecule has 0 N–H and O–H groups in total. The van der Waals surface area contributed by atoms with Crippen molar-refractivity contribution in [2.45, 2.75) is 0 Å². The molecule has 0 aliphatic heterocycles. The lowest BCUT2D eigenvalue weighted by atomic mass is 10.2. The molecule has 0 unspecified atom stereocenters. The Kier molecular flexibility index (Phi) is 3.63. The first-order valence-corrected chi connectivity index (χ1v) is 5.71. The second kappa shape index (κ2) is 5.36. The maximum absolute atomic E-state index is 11.8. The molecule has 2 aromatic carbocycles. The molecule has 0 aliphatic carbocycles. The molecule has 18 heavy (non-hydrogen) atoms. The van der Waals surface area contributed by atoms with Crippen LogP contribution in [0, 0.1) is 0 Å². The molecule has 3 nitrogen and oxygen atoms in total. The SMILES string of the molecule is CN(C)C(=O)c1cccc(Oc2ccccc2)c1. The number of carbonyl (C=O) groups excluding carboxylic acids is 1. The molecule has 0 heterocycles. The van der Waals surface area contributed by atoms with Crippen LogP contribution in [0.15, 0.2) is 54.6 Å². The van der Waals surface area contributed by atoms with E-state index in [1.165, 1.54) is 0 Å². The lowest BCUT2D eigenvalue weighted by molar-refractivity contribution is 0.0827. The first-order valence-electron chi connectivity index (χ1n) is 5.71. The van der Waals surface area contributed by atoms with Crippen LogP contribution in [0.2, 0.25) is 0 Å². The highest BCUT2D eigenvalue weighted by Gasteiger charge is 2.08. The van der Waals surface area contributed by atoms with Crippen molar-refractivity contribution in [3.8, 4) is 11.5 Å². The zero-order valence-electron chi connectivity index (χ0n) is 10.5. The zero-order chi connectivity index (χ0) is 13.0. The van der Waals surface area contributed by atoms with Crippen molar-refractivity contribution in [2.75, 3.05) is 14.1 Å². The summed E-state index contributed by atoms with van der Waals surface area (Å²) in [6, 6.07) is 16.7. The zero-order valence-corrected chi connectivity index (χ0v) is 10.5. The third kappa shape index (κ3) is 2.88. The van der Waals surface area contributed by atoms with E-state index >= 15 is 0 Å². The van der Waals surface area contributed by atoms with Gasteiger partial charge in [-0.2, -0.15) is 0 Å². The van der Waals surface area contributed by atoms with Crippen LogP contribution in [0.3, 0.4) is 0 Å². The van der Waals surface area contributed by atoms with Gasteiger partial charge in [0.05, 0.1) is 0 Å². The van der Waals surface area contributed by atoms with Gasteiger partial charge in [0, 0.05) is 19.7 Å². The molecule has 2 rings (SSSR count). The molecule has 0 atom stereocenters.